The Balaban J connectivity index is 1.46. The molecule has 0 radical (unpaired) electrons. The molecule has 1 N–H and O–H groups in total. The van der Waals surface area contributed by atoms with E-state index in [1.54, 1.807) is 22.2 Å². The topological polar surface area (TPSA) is 101 Å². The van der Waals surface area contributed by atoms with Crippen LogP contribution in [0.15, 0.2) is 53.5 Å². The molecule has 0 aliphatic carbocycles. The summed E-state index contributed by atoms with van der Waals surface area (Å²) in [5.41, 5.74) is 2.48. The van der Waals surface area contributed by atoms with Crippen molar-refractivity contribution in [2.45, 2.75) is 59.3 Å². The van der Waals surface area contributed by atoms with Gasteiger partial charge in [-0.1, -0.05) is 25.4 Å². The van der Waals surface area contributed by atoms with Crippen LogP contribution in [0.4, 0.5) is 13.2 Å². The van der Waals surface area contributed by atoms with Crippen LogP contribution in [0, 0.1) is 12.8 Å². The zero-order chi connectivity index (χ0) is 31.5. The number of carbonyl (C=O) groups excluding carboxylic acids is 1. The maximum Gasteiger partial charge on any atom is 0.417 e. The number of alkyl halides is 3. The van der Waals surface area contributed by atoms with Gasteiger partial charge in [0.2, 0.25) is 0 Å². The van der Waals surface area contributed by atoms with Gasteiger partial charge in [-0.2, -0.15) is 18.3 Å². The first-order valence-corrected chi connectivity index (χ1v) is 14.5. The number of nitrogens with one attached hydrogen (secondary N) is 1. The third-order valence-electron chi connectivity index (χ3n) is 7.85. The third kappa shape index (κ3) is 5.17. The molecule has 9 nitrogen and oxygen atoms in total. The van der Waals surface area contributed by atoms with Gasteiger partial charge in [0.05, 0.1) is 34.7 Å². The van der Waals surface area contributed by atoms with Crippen LogP contribution in [0.5, 0.6) is 0 Å². The van der Waals surface area contributed by atoms with Crippen molar-refractivity contribution in [1.82, 2.24) is 34.3 Å². The van der Waals surface area contributed by atoms with Crippen molar-refractivity contribution in [3.05, 3.63) is 97.8 Å². The Morgan fingerprint density at radius 3 is 2.50 bits per heavy atom. The standard InChI is InChI=1S/C31H29ClF3N7O2/c1-16(2)11-21-14-36-42-26-15-40(29(43)20-7-10-25(32)24(13-20)31(33,34)35)17(3)12-23(26)30(44)41(28(21)42)22-8-5-19(6-9-22)27-37-18(4)38-39-27/h5-10,13-14,16-17H,11-12,15H2,1-4H3,(H,37,38,39). The van der Waals surface area contributed by atoms with Crippen LogP contribution >= 0.6 is 11.6 Å². The number of benzene rings is 2. The molecule has 0 saturated carbocycles. The molecule has 1 aliphatic rings. The van der Waals surface area contributed by atoms with Crippen molar-refractivity contribution in [2.75, 3.05) is 0 Å². The highest BCUT2D eigenvalue weighted by atomic mass is 35.5. The Kier molecular flexibility index (Phi) is 7.35. The van der Waals surface area contributed by atoms with E-state index in [0.717, 1.165) is 23.3 Å². The molecular weight excluding hydrogens is 595 g/mol. The van der Waals surface area contributed by atoms with Crippen molar-refractivity contribution in [3.63, 3.8) is 0 Å². The SMILES string of the molecule is Cc1nnc(-c2ccc(-n3c(=O)c4c(n5ncc(CC(C)C)c35)CN(C(=O)c3ccc(Cl)c(C(F)(F)F)c3)C(C)C4)cc2)[nH]1. The fourth-order valence-corrected chi connectivity index (χ4v) is 5.99. The average Bonchev–Trinajstić information content (AvgIpc) is 3.59. The van der Waals surface area contributed by atoms with Crippen molar-refractivity contribution in [2.24, 2.45) is 5.92 Å². The molecule has 0 spiro atoms. The first-order valence-electron chi connectivity index (χ1n) is 14.1. The lowest BCUT2D eigenvalue weighted by molar-refractivity contribution is -0.137. The summed E-state index contributed by atoms with van der Waals surface area (Å²) in [4.78, 5) is 32.5. The molecule has 6 rings (SSSR count). The molecule has 1 unspecified atom stereocenters. The number of fused-ring (bicyclic) bond motifs is 3. The van der Waals surface area contributed by atoms with Crippen LogP contribution in [-0.2, 0) is 25.6 Å². The van der Waals surface area contributed by atoms with E-state index in [9.17, 15) is 22.8 Å². The number of carbonyl (C=O) groups is 1. The molecule has 0 fully saturated rings. The fraction of sp³-hybridized carbons (Fsp3) is 0.323. The number of aryl methyl sites for hydroxylation is 1. The second-order valence-corrected chi connectivity index (χ2v) is 12.0. The number of amides is 1. The quantitative estimate of drug-likeness (QED) is 0.257. The lowest BCUT2D eigenvalue weighted by Crippen LogP contribution is -2.46. The Labute approximate surface area is 255 Å². The molecule has 1 atom stereocenters. The summed E-state index contributed by atoms with van der Waals surface area (Å²) in [6.45, 7) is 7.73. The normalized spacial score (nSPS) is 15.3. The molecular formula is C31H29ClF3N7O2. The van der Waals surface area contributed by atoms with Gasteiger partial charge < -0.3 is 9.88 Å². The zero-order valence-electron chi connectivity index (χ0n) is 24.4. The molecule has 0 saturated heterocycles. The maximum absolute atomic E-state index is 14.3. The second kappa shape index (κ2) is 10.9. The first-order chi connectivity index (χ1) is 20.8. The minimum absolute atomic E-state index is 0.00152. The molecule has 1 amide bonds. The van der Waals surface area contributed by atoms with Gasteiger partial charge in [-0.05, 0) is 75.1 Å². The minimum atomic E-state index is -4.71. The van der Waals surface area contributed by atoms with E-state index >= 15 is 0 Å². The van der Waals surface area contributed by atoms with Gasteiger partial charge in [0.1, 0.15) is 11.5 Å². The maximum atomic E-state index is 14.3. The van der Waals surface area contributed by atoms with Crippen LogP contribution in [0.25, 0.3) is 22.7 Å². The van der Waals surface area contributed by atoms with E-state index in [1.807, 2.05) is 31.2 Å². The van der Waals surface area contributed by atoms with Gasteiger partial charge in [-0.15, -0.1) is 10.2 Å². The number of rotatable bonds is 5. The molecule has 0 bridgehead atoms. The summed E-state index contributed by atoms with van der Waals surface area (Å²) in [5.74, 6) is 0.983. The Hall–Kier alpha value is -4.45. The lowest BCUT2D eigenvalue weighted by atomic mass is 9.97. The first kappa shape index (κ1) is 29.6. The Morgan fingerprint density at radius 1 is 1.14 bits per heavy atom. The van der Waals surface area contributed by atoms with Crippen molar-refractivity contribution in [3.8, 4) is 17.1 Å². The lowest BCUT2D eigenvalue weighted by Gasteiger charge is -2.35. The summed E-state index contributed by atoms with van der Waals surface area (Å²) in [7, 11) is 0. The van der Waals surface area contributed by atoms with Crippen LogP contribution in [0.2, 0.25) is 5.02 Å². The number of H-pyrrole nitrogens is 1. The number of nitrogens with zero attached hydrogens (tertiary/aromatic N) is 6. The van der Waals surface area contributed by atoms with Gasteiger partial charge in [0.25, 0.3) is 11.5 Å². The van der Waals surface area contributed by atoms with E-state index < -0.39 is 28.7 Å². The third-order valence-corrected chi connectivity index (χ3v) is 8.18. The van der Waals surface area contributed by atoms with E-state index in [4.69, 9.17) is 11.6 Å². The van der Waals surface area contributed by atoms with Gasteiger partial charge in [-0.25, -0.2) is 4.52 Å². The summed E-state index contributed by atoms with van der Waals surface area (Å²) >= 11 is 5.79. The highest BCUT2D eigenvalue weighted by Gasteiger charge is 2.36. The van der Waals surface area contributed by atoms with Gasteiger partial charge in [0.15, 0.2) is 5.82 Å². The monoisotopic (exact) mass is 623 g/mol. The number of aromatic nitrogens is 6. The fourth-order valence-electron chi connectivity index (χ4n) is 5.77. The predicted molar refractivity (Wildman–Crippen MR) is 159 cm³/mol. The molecule has 3 aromatic heterocycles. The number of aromatic amines is 1. The zero-order valence-corrected chi connectivity index (χ0v) is 25.2. The van der Waals surface area contributed by atoms with Gasteiger partial charge in [-0.3, -0.25) is 14.2 Å². The summed E-state index contributed by atoms with van der Waals surface area (Å²) in [6.07, 6.45) is -2.12. The average molecular weight is 624 g/mol. The second-order valence-electron chi connectivity index (χ2n) is 11.6. The summed E-state index contributed by atoms with van der Waals surface area (Å²) in [6, 6.07) is 10.1. The van der Waals surface area contributed by atoms with Crippen molar-refractivity contribution in [1.29, 1.82) is 0 Å². The molecule has 1 aliphatic heterocycles. The predicted octanol–water partition coefficient (Wildman–Crippen LogP) is 6.04. The summed E-state index contributed by atoms with van der Waals surface area (Å²) < 4.78 is 44.0. The largest absolute Gasteiger partial charge is 0.417 e. The molecule has 228 valence electrons. The Bertz CT molecular complexity index is 1960. The number of hydrogen-bond acceptors (Lipinski definition) is 5. The van der Waals surface area contributed by atoms with Crippen LogP contribution in [0.3, 0.4) is 0 Å². The van der Waals surface area contributed by atoms with Gasteiger partial charge >= 0.3 is 6.18 Å². The summed E-state index contributed by atoms with van der Waals surface area (Å²) in [5, 5.41) is 12.3. The molecule has 2 aromatic carbocycles. The van der Waals surface area contributed by atoms with Crippen molar-refractivity contribution < 1.29 is 18.0 Å². The molecule has 13 heteroatoms. The van der Waals surface area contributed by atoms with Crippen LogP contribution in [-0.4, -0.2) is 46.2 Å². The minimum Gasteiger partial charge on any atom is -0.330 e. The molecule has 4 heterocycles. The molecule has 44 heavy (non-hydrogen) atoms. The highest BCUT2D eigenvalue weighted by Crippen LogP contribution is 2.36. The van der Waals surface area contributed by atoms with Gasteiger partial charge in [0, 0.05) is 28.3 Å². The molecule has 5 aromatic rings. The van der Waals surface area contributed by atoms with Crippen molar-refractivity contribution >= 4 is 23.2 Å². The number of hydrogen-bond donors (Lipinski definition) is 1. The highest BCUT2D eigenvalue weighted by molar-refractivity contribution is 6.31. The van der Waals surface area contributed by atoms with E-state index in [-0.39, 0.29) is 30.0 Å². The smallest absolute Gasteiger partial charge is 0.330 e. The van der Waals surface area contributed by atoms with E-state index in [0.29, 0.717) is 40.7 Å². The van der Waals surface area contributed by atoms with Crippen LogP contribution < -0.4 is 5.56 Å². The Morgan fingerprint density at radius 2 is 1.86 bits per heavy atom. The van der Waals surface area contributed by atoms with Crippen LogP contribution in [0.1, 0.15) is 59.3 Å². The van der Waals surface area contributed by atoms with E-state index in [2.05, 4.69) is 34.1 Å². The number of halogens is 4. The van der Waals surface area contributed by atoms with E-state index in [1.165, 1.54) is 11.0 Å².